The molecule has 0 radical (unpaired) electrons. The molecule has 0 heterocycles. The van der Waals surface area contributed by atoms with E-state index in [1.807, 2.05) is 0 Å². The lowest BCUT2D eigenvalue weighted by atomic mass is 10.1. The van der Waals surface area contributed by atoms with Gasteiger partial charge in [0.25, 0.3) is 0 Å². The van der Waals surface area contributed by atoms with Gasteiger partial charge in [-0.3, -0.25) is 4.79 Å². The summed E-state index contributed by atoms with van der Waals surface area (Å²) in [5.74, 6) is -3.44. The summed E-state index contributed by atoms with van der Waals surface area (Å²) in [4.78, 5) is 10.4. The van der Waals surface area contributed by atoms with E-state index in [2.05, 4.69) is 15.9 Å². The fourth-order valence-corrected chi connectivity index (χ4v) is 1.38. The number of halogens is 3. The Morgan fingerprint density at radius 3 is 2.21 bits per heavy atom. The number of hydrogen-bond donors (Lipinski definition) is 2. The van der Waals surface area contributed by atoms with Gasteiger partial charge in [0.1, 0.15) is 17.7 Å². The maximum atomic E-state index is 13.1. The summed E-state index contributed by atoms with van der Waals surface area (Å²) in [5.41, 5.74) is 4.46. The third kappa shape index (κ3) is 2.08. The SMILES string of the molecule is NC(C(=O)O)c1c(F)cc(Br)cc1F. The monoisotopic (exact) mass is 265 g/mol. The van der Waals surface area contributed by atoms with E-state index in [1.54, 1.807) is 0 Å². The second-order valence-corrected chi connectivity index (χ2v) is 3.51. The first-order valence-corrected chi connectivity index (χ1v) is 4.35. The molecule has 0 aliphatic rings. The zero-order valence-electron chi connectivity index (χ0n) is 6.80. The molecule has 1 unspecified atom stereocenters. The number of carbonyl (C=O) groups is 1. The molecule has 1 rings (SSSR count). The minimum Gasteiger partial charge on any atom is -0.480 e. The van der Waals surface area contributed by atoms with Gasteiger partial charge in [-0.15, -0.1) is 0 Å². The lowest BCUT2D eigenvalue weighted by Gasteiger charge is -2.09. The Bertz CT molecular complexity index is 361. The number of hydrogen-bond acceptors (Lipinski definition) is 2. The Kier molecular flexibility index (Phi) is 3.17. The molecule has 0 aliphatic heterocycles. The molecule has 0 spiro atoms. The molecule has 6 heteroatoms. The second kappa shape index (κ2) is 4.02. The Balaban J connectivity index is 3.27. The number of nitrogens with two attached hydrogens (primary N) is 1. The van der Waals surface area contributed by atoms with E-state index < -0.39 is 29.2 Å². The quantitative estimate of drug-likeness (QED) is 0.858. The van der Waals surface area contributed by atoms with E-state index in [4.69, 9.17) is 10.8 Å². The predicted molar refractivity (Wildman–Crippen MR) is 48.6 cm³/mol. The van der Waals surface area contributed by atoms with Crippen molar-refractivity contribution in [2.45, 2.75) is 6.04 Å². The van der Waals surface area contributed by atoms with Gasteiger partial charge in [0, 0.05) is 4.47 Å². The molecule has 3 N–H and O–H groups in total. The van der Waals surface area contributed by atoms with Crippen LogP contribution in [0.2, 0.25) is 0 Å². The van der Waals surface area contributed by atoms with Gasteiger partial charge < -0.3 is 10.8 Å². The largest absolute Gasteiger partial charge is 0.480 e. The Hall–Kier alpha value is -1.01. The molecule has 0 amide bonds. The molecule has 1 aromatic rings. The number of aliphatic carboxylic acids is 1. The highest BCUT2D eigenvalue weighted by Crippen LogP contribution is 2.23. The molecule has 0 aliphatic carbocycles. The van der Waals surface area contributed by atoms with Gasteiger partial charge in [-0.2, -0.15) is 0 Å². The van der Waals surface area contributed by atoms with Crippen LogP contribution in [0, 0.1) is 11.6 Å². The summed E-state index contributed by atoms with van der Waals surface area (Å²) in [6.07, 6.45) is 0. The van der Waals surface area contributed by atoms with Crippen LogP contribution in [0.5, 0.6) is 0 Å². The van der Waals surface area contributed by atoms with Gasteiger partial charge in [-0.1, -0.05) is 15.9 Å². The van der Waals surface area contributed by atoms with Crippen molar-refractivity contribution < 1.29 is 18.7 Å². The molecule has 0 fully saturated rings. The number of benzene rings is 1. The van der Waals surface area contributed by atoms with Crippen LogP contribution in [0.25, 0.3) is 0 Å². The van der Waals surface area contributed by atoms with Gasteiger partial charge in [0.05, 0.1) is 5.56 Å². The van der Waals surface area contributed by atoms with Crippen LogP contribution in [-0.4, -0.2) is 11.1 Å². The van der Waals surface area contributed by atoms with Crippen molar-refractivity contribution in [1.82, 2.24) is 0 Å². The molecule has 0 saturated heterocycles. The lowest BCUT2D eigenvalue weighted by molar-refractivity contribution is -0.138. The van der Waals surface area contributed by atoms with Crippen molar-refractivity contribution >= 4 is 21.9 Å². The second-order valence-electron chi connectivity index (χ2n) is 2.60. The van der Waals surface area contributed by atoms with Crippen molar-refractivity contribution in [2.75, 3.05) is 0 Å². The van der Waals surface area contributed by atoms with Crippen LogP contribution >= 0.6 is 15.9 Å². The molecule has 0 aromatic heterocycles. The van der Waals surface area contributed by atoms with Crippen LogP contribution < -0.4 is 5.73 Å². The lowest BCUT2D eigenvalue weighted by Crippen LogP contribution is -2.23. The number of carboxylic acids is 1. The van der Waals surface area contributed by atoms with Gasteiger partial charge >= 0.3 is 5.97 Å². The van der Waals surface area contributed by atoms with E-state index in [9.17, 15) is 13.6 Å². The van der Waals surface area contributed by atoms with Gasteiger partial charge in [0.15, 0.2) is 0 Å². The molecule has 0 bridgehead atoms. The van der Waals surface area contributed by atoms with Crippen LogP contribution in [-0.2, 0) is 4.79 Å². The van der Waals surface area contributed by atoms with E-state index in [0.717, 1.165) is 12.1 Å². The number of rotatable bonds is 2. The van der Waals surface area contributed by atoms with Crippen LogP contribution in [0.4, 0.5) is 8.78 Å². The van der Waals surface area contributed by atoms with Crippen LogP contribution in [0.1, 0.15) is 11.6 Å². The standard InChI is InChI=1S/C8H6BrF2NO2/c9-3-1-4(10)6(5(11)2-3)7(12)8(13)14/h1-2,7H,12H2,(H,13,14). The highest BCUT2D eigenvalue weighted by molar-refractivity contribution is 9.10. The minimum atomic E-state index is -1.69. The Morgan fingerprint density at radius 2 is 1.86 bits per heavy atom. The first kappa shape index (κ1) is 11.1. The van der Waals surface area contributed by atoms with Gasteiger partial charge in [-0.05, 0) is 12.1 Å². The first-order chi connectivity index (χ1) is 6.43. The topological polar surface area (TPSA) is 63.3 Å². The van der Waals surface area contributed by atoms with E-state index in [-0.39, 0.29) is 4.47 Å². The molecular formula is C8H6BrF2NO2. The summed E-state index contributed by atoms with van der Waals surface area (Å²) >= 11 is 2.87. The van der Waals surface area contributed by atoms with Crippen molar-refractivity contribution in [3.05, 3.63) is 33.8 Å². The third-order valence-corrected chi connectivity index (χ3v) is 2.08. The summed E-state index contributed by atoms with van der Waals surface area (Å²) in [6, 6.07) is 0.228. The van der Waals surface area contributed by atoms with Crippen molar-refractivity contribution in [3.63, 3.8) is 0 Å². The first-order valence-electron chi connectivity index (χ1n) is 3.56. The van der Waals surface area contributed by atoms with Crippen molar-refractivity contribution in [3.8, 4) is 0 Å². The Labute approximate surface area is 86.7 Å². The zero-order chi connectivity index (χ0) is 10.9. The Morgan fingerprint density at radius 1 is 1.43 bits per heavy atom. The minimum absolute atomic E-state index is 0.189. The molecule has 1 atom stereocenters. The average Bonchev–Trinajstić information content (AvgIpc) is 2.01. The van der Waals surface area contributed by atoms with Gasteiger partial charge in [0.2, 0.25) is 0 Å². The summed E-state index contributed by atoms with van der Waals surface area (Å²) in [7, 11) is 0. The number of carboxylic acid groups (broad SMARTS) is 1. The fourth-order valence-electron chi connectivity index (χ4n) is 0.974. The van der Waals surface area contributed by atoms with Gasteiger partial charge in [-0.25, -0.2) is 8.78 Å². The third-order valence-electron chi connectivity index (χ3n) is 1.62. The molecule has 0 saturated carbocycles. The molecular weight excluding hydrogens is 260 g/mol. The molecule has 1 aromatic carbocycles. The highest BCUT2D eigenvalue weighted by atomic mass is 79.9. The van der Waals surface area contributed by atoms with Crippen LogP contribution in [0.3, 0.4) is 0 Å². The molecule has 3 nitrogen and oxygen atoms in total. The summed E-state index contributed by atoms with van der Waals surface area (Å²) < 4.78 is 26.4. The van der Waals surface area contributed by atoms with Crippen molar-refractivity contribution in [1.29, 1.82) is 0 Å². The molecule has 14 heavy (non-hydrogen) atoms. The zero-order valence-corrected chi connectivity index (χ0v) is 8.38. The van der Waals surface area contributed by atoms with E-state index >= 15 is 0 Å². The smallest absolute Gasteiger partial charge is 0.325 e. The maximum Gasteiger partial charge on any atom is 0.325 e. The van der Waals surface area contributed by atoms with E-state index in [0.29, 0.717) is 0 Å². The maximum absolute atomic E-state index is 13.1. The fraction of sp³-hybridized carbons (Fsp3) is 0.125. The normalized spacial score (nSPS) is 12.6. The summed E-state index contributed by atoms with van der Waals surface area (Å²) in [5, 5.41) is 8.48. The predicted octanol–water partition coefficient (Wildman–Crippen LogP) is 1.81. The summed E-state index contributed by atoms with van der Waals surface area (Å²) in [6.45, 7) is 0. The average molecular weight is 266 g/mol. The van der Waals surface area contributed by atoms with E-state index in [1.165, 1.54) is 0 Å². The molecule has 76 valence electrons. The van der Waals surface area contributed by atoms with Crippen molar-refractivity contribution in [2.24, 2.45) is 5.73 Å². The van der Waals surface area contributed by atoms with Crippen LogP contribution in [0.15, 0.2) is 16.6 Å². The highest BCUT2D eigenvalue weighted by Gasteiger charge is 2.23.